The molecule has 1 aliphatic rings. The molecule has 1 aliphatic heterocycles. The highest BCUT2D eigenvalue weighted by molar-refractivity contribution is 6.21. The van der Waals surface area contributed by atoms with Gasteiger partial charge in [-0.1, -0.05) is 56.7 Å². The Kier molecular flexibility index (Phi) is 7.68. The fourth-order valence-corrected chi connectivity index (χ4v) is 3.75. The lowest BCUT2D eigenvalue weighted by molar-refractivity contribution is 0.0651. The summed E-state index contributed by atoms with van der Waals surface area (Å²) in [6.45, 7) is 1.44. The molecule has 3 rings (SSSR count). The molecule has 0 radical (unpaired) electrons. The maximum absolute atomic E-state index is 12.3. The van der Waals surface area contributed by atoms with Crippen LogP contribution in [0.4, 0.5) is 5.69 Å². The van der Waals surface area contributed by atoms with Crippen molar-refractivity contribution >= 4 is 17.5 Å². The molecule has 0 unspecified atom stereocenters. The van der Waals surface area contributed by atoms with Crippen molar-refractivity contribution in [2.45, 2.75) is 51.4 Å². The minimum Gasteiger partial charge on any atom is -0.508 e. The number of amides is 2. The van der Waals surface area contributed by atoms with Crippen molar-refractivity contribution in [1.29, 1.82) is 0 Å². The third-order valence-electron chi connectivity index (χ3n) is 5.36. The molecule has 0 saturated heterocycles. The molecule has 0 fully saturated rings. The highest BCUT2D eigenvalue weighted by Gasteiger charge is 2.34. The highest BCUT2D eigenvalue weighted by Crippen LogP contribution is 2.23. The summed E-state index contributed by atoms with van der Waals surface area (Å²) in [7, 11) is 0. The molecule has 0 bridgehead atoms. The van der Waals surface area contributed by atoms with Crippen molar-refractivity contribution in [3.8, 4) is 5.75 Å². The number of carbonyl (C=O) groups excluding carboxylic acids is 2. The Morgan fingerprint density at radius 2 is 1.31 bits per heavy atom. The van der Waals surface area contributed by atoms with E-state index in [9.17, 15) is 14.7 Å². The van der Waals surface area contributed by atoms with E-state index < -0.39 is 0 Å². The molecule has 5 heteroatoms. The number of rotatable bonds is 12. The molecule has 0 atom stereocenters. The number of phenolic OH excluding ortho intramolecular Hbond substituents is 1. The van der Waals surface area contributed by atoms with Crippen LogP contribution in [0.1, 0.15) is 72.1 Å². The minimum absolute atomic E-state index is 0.148. The van der Waals surface area contributed by atoms with Crippen LogP contribution < -0.4 is 5.32 Å². The first-order valence-corrected chi connectivity index (χ1v) is 10.6. The zero-order chi connectivity index (χ0) is 20.5. The topological polar surface area (TPSA) is 69.6 Å². The number of phenols is 1. The monoisotopic (exact) mass is 394 g/mol. The van der Waals surface area contributed by atoms with Crippen LogP contribution in [0.15, 0.2) is 48.5 Å². The van der Waals surface area contributed by atoms with E-state index in [0.717, 1.165) is 37.9 Å². The fraction of sp³-hybridized carbons (Fsp3) is 0.417. The molecule has 2 amide bonds. The minimum atomic E-state index is -0.148. The van der Waals surface area contributed by atoms with E-state index in [2.05, 4.69) is 5.32 Å². The smallest absolute Gasteiger partial charge is 0.261 e. The van der Waals surface area contributed by atoms with Crippen LogP contribution in [0, 0.1) is 0 Å². The molecule has 154 valence electrons. The number of unbranched alkanes of at least 4 members (excludes halogenated alkanes) is 7. The number of hydrogen-bond acceptors (Lipinski definition) is 4. The first-order chi connectivity index (χ1) is 14.2. The van der Waals surface area contributed by atoms with Gasteiger partial charge in [-0.2, -0.15) is 0 Å². The summed E-state index contributed by atoms with van der Waals surface area (Å²) in [6.07, 6.45) is 9.02. The molecule has 2 aromatic rings. The third-order valence-corrected chi connectivity index (χ3v) is 5.36. The average molecular weight is 395 g/mol. The van der Waals surface area contributed by atoms with Gasteiger partial charge in [-0.15, -0.1) is 0 Å². The predicted octanol–water partition coefficient (Wildman–Crippen LogP) is 5.22. The first kappa shape index (κ1) is 20.9. The standard InChI is InChI=1S/C24H30N2O3/c27-20-13-11-12-19(18-20)25-16-9-5-3-1-2-4-6-10-17-26-23(28)21-14-7-8-15-22(21)24(26)29/h7-8,11-15,18,25,27H,1-6,9-10,16-17H2. The third kappa shape index (κ3) is 5.83. The van der Waals surface area contributed by atoms with Gasteiger partial charge in [0.25, 0.3) is 11.8 Å². The second kappa shape index (κ2) is 10.6. The van der Waals surface area contributed by atoms with Crippen molar-refractivity contribution in [3.63, 3.8) is 0 Å². The van der Waals surface area contributed by atoms with Gasteiger partial charge in [-0.05, 0) is 37.1 Å². The molecule has 0 spiro atoms. The van der Waals surface area contributed by atoms with E-state index in [1.807, 2.05) is 12.1 Å². The lowest BCUT2D eigenvalue weighted by Gasteiger charge is -2.13. The van der Waals surface area contributed by atoms with Crippen LogP contribution in [0.5, 0.6) is 5.75 Å². The quantitative estimate of drug-likeness (QED) is 0.382. The average Bonchev–Trinajstić information content (AvgIpc) is 2.97. The van der Waals surface area contributed by atoms with Crippen LogP contribution in [-0.4, -0.2) is 34.9 Å². The molecule has 2 aromatic carbocycles. The number of carbonyl (C=O) groups is 2. The Balaban J connectivity index is 1.18. The van der Waals surface area contributed by atoms with Gasteiger partial charge < -0.3 is 10.4 Å². The molecule has 29 heavy (non-hydrogen) atoms. The maximum atomic E-state index is 12.3. The Morgan fingerprint density at radius 3 is 1.93 bits per heavy atom. The van der Waals surface area contributed by atoms with Crippen LogP contribution >= 0.6 is 0 Å². The summed E-state index contributed by atoms with van der Waals surface area (Å²) in [6, 6.07) is 14.3. The molecule has 0 saturated carbocycles. The Bertz CT molecular complexity index is 799. The lowest BCUT2D eigenvalue weighted by atomic mass is 10.1. The number of hydrogen-bond donors (Lipinski definition) is 2. The van der Waals surface area contributed by atoms with Gasteiger partial charge in [0, 0.05) is 24.8 Å². The summed E-state index contributed by atoms with van der Waals surface area (Å²) in [5.41, 5.74) is 2.04. The van der Waals surface area contributed by atoms with Gasteiger partial charge in [0.2, 0.25) is 0 Å². The van der Waals surface area contributed by atoms with Gasteiger partial charge in [0.05, 0.1) is 11.1 Å². The summed E-state index contributed by atoms with van der Waals surface area (Å²) in [4.78, 5) is 26.0. The van der Waals surface area contributed by atoms with E-state index in [0.29, 0.717) is 17.7 Å². The number of nitrogens with zero attached hydrogens (tertiary/aromatic N) is 1. The number of benzene rings is 2. The Labute approximate surface area is 172 Å². The number of imide groups is 1. The van der Waals surface area contributed by atoms with E-state index in [4.69, 9.17) is 0 Å². The molecule has 0 aliphatic carbocycles. The molecule has 0 aromatic heterocycles. The number of anilines is 1. The van der Waals surface area contributed by atoms with Crippen molar-refractivity contribution in [3.05, 3.63) is 59.7 Å². The molecular formula is C24H30N2O3. The van der Waals surface area contributed by atoms with Crippen LogP contribution in [0.25, 0.3) is 0 Å². The summed E-state index contributed by atoms with van der Waals surface area (Å²) >= 11 is 0. The molecule has 1 heterocycles. The summed E-state index contributed by atoms with van der Waals surface area (Å²) in [5, 5.41) is 12.8. The summed E-state index contributed by atoms with van der Waals surface area (Å²) < 4.78 is 0. The Morgan fingerprint density at radius 1 is 0.724 bits per heavy atom. The molecular weight excluding hydrogens is 364 g/mol. The number of aromatic hydroxyl groups is 1. The van der Waals surface area contributed by atoms with Gasteiger partial charge in [-0.25, -0.2) is 0 Å². The second-order valence-corrected chi connectivity index (χ2v) is 7.61. The zero-order valence-electron chi connectivity index (χ0n) is 16.9. The van der Waals surface area contributed by atoms with E-state index in [1.165, 1.54) is 30.6 Å². The molecule has 5 nitrogen and oxygen atoms in total. The van der Waals surface area contributed by atoms with Crippen LogP contribution in [0.2, 0.25) is 0 Å². The number of nitrogens with one attached hydrogen (secondary N) is 1. The van der Waals surface area contributed by atoms with Crippen molar-refractivity contribution < 1.29 is 14.7 Å². The fourth-order valence-electron chi connectivity index (χ4n) is 3.75. The van der Waals surface area contributed by atoms with Gasteiger partial charge in [0.15, 0.2) is 0 Å². The lowest BCUT2D eigenvalue weighted by Crippen LogP contribution is -2.30. The van der Waals surface area contributed by atoms with E-state index in [-0.39, 0.29) is 17.6 Å². The van der Waals surface area contributed by atoms with Crippen LogP contribution in [0.3, 0.4) is 0 Å². The largest absolute Gasteiger partial charge is 0.508 e. The van der Waals surface area contributed by atoms with Gasteiger partial charge in [-0.3, -0.25) is 14.5 Å². The normalized spacial score (nSPS) is 13.0. The Hall–Kier alpha value is -2.82. The highest BCUT2D eigenvalue weighted by atomic mass is 16.3. The van der Waals surface area contributed by atoms with E-state index >= 15 is 0 Å². The van der Waals surface area contributed by atoms with Crippen molar-refractivity contribution in [2.75, 3.05) is 18.4 Å². The van der Waals surface area contributed by atoms with Crippen molar-refractivity contribution in [2.24, 2.45) is 0 Å². The molecule has 2 N–H and O–H groups in total. The SMILES string of the molecule is O=C1c2ccccc2C(=O)N1CCCCCCCCCCNc1cccc(O)c1. The van der Waals surface area contributed by atoms with E-state index in [1.54, 1.807) is 36.4 Å². The first-order valence-electron chi connectivity index (χ1n) is 10.6. The van der Waals surface area contributed by atoms with Gasteiger partial charge in [0.1, 0.15) is 5.75 Å². The second-order valence-electron chi connectivity index (χ2n) is 7.61. The number of fused-ring (bicyclic) bond motifs is 1. The van der Waals surface area contributed by atoms with Crippen LogP contribution in [-0.2, 0) is 0 Å². The van der Waals surface area contributed by atoms with Crippen molar-refractivity contribution in [1.82, 2.24) is 4.90 Å². The predicted molar refractivity (Wildman–Crippen MR) is 115 cm³/mol. The summed E-state index contributed by atoms with van der Waals surface area (Å²) in [5.74, 6) is -0.00662. The van der Waals surface area contributed by atoms with Gasteiger partial charge >= 0.3 is 0 Å². The zero-order valence-corrected chi connectivity index (χ0v) is 16.9. The maximum Gasteiger partial charge on any atom is 0.261 e.